The maximum atomic E-state index is 12.9. The van der Waals surface area contributed by atoms with Crippen molar-refractivity contribution in [3.63, 3.8) is 0 Å². The first-order valence-electron chi connectivity index (χ1n) is 10.2. The highest BCUT2D eigenvalue weighted by atomic mass is 16.5. The molecular formula is C24H21N3O4. The molecule has 0 bridgehead atoms. The molecule has 1 aromatic heterocycles. The highest BCUT2D eigenvalue weighted by Crippen LogP contribution is 2.38. The Morgan fingerprint density at radius 3 is 2.61 bits per heavy atom. The molecule has 2 aliphatic rings. The molecule has 5 rings (SSSR count). The number of nitrogens with one attached hydrogen (secondary N) is 1. The number of aromatic nitrogens is 1. The molecular weight excluding hydrogens is 394 g/mol. The Labute approximate surface area is 179 Å². The lowest BCUT2D eigenvalue weighted by atomic mass is 10.0. The van der Waals surface area contributed by atoms with Gasteiger partial charge in [0.1, 0.15) is 11.6 Å². The summed E-state index contributed by atoms with van der Waals surface area (Å²) in [6.07, 6.45) is 1.78. The minimum Gasteiger partial charge on any atom is -0.454 e. The second kappa shape index (κ2) is 7.85. The van der Waals surface area contributed by atoms with Gasteiger partial charge in [-0.15, -0.1) is 0 Å². The second-order valence-corrected chi connectivity index (χ2v) is 7.54. The smallest absolute Gasteiger partial charge is 0.259 e. The van der Waals surface area contributed by atoms with Crippen molar-refractivity contribution in [1.29, 1.82) is 0 Å². The number of anilines is 2. The van der Waals surface area contributed by atoms with Crippen LogP contribution in [0, 0.1) is 0 Å². The predicted molar refractivity (Wildman–Crippen MR) is 117 cm³/mol. The van der Waals surface area contributed by atoms with Gasteiger partial charge >= 0.3 is 0 Å². The summed E-state index contributed by atoms with van der Waals surface area (Å²) in [6, 6.07) is 14.5. The van der Waals surface area contributed by atoms with Crippen LogP contribution in [-0.4, -0.2) is 43.0 Å². The highest BCUT2D eigenvalue weighted by Gasteiger charge is 2.22. The third kappa shape index (κ3) is 3.75. The fraction of sp³-hybridized carbons (Fsp3) is 0.208. The molecule has 0 saturated carbocycles. The Bertz CT molecular complexity index is 1190. The van der Waals surface area contributed by atoms with Gasteiger partial charge < -0.3 is 19.7 Å². The van der Waals surface area contributed by atoms with Gasteiger partial charge in [0.2, 0.25) is 0 Å². The summed E-state index contributed by atoms with van der Waals surface area (Å²) in [5.41, 5.74) is 3.35. The van der Waals surface area contributed by atoms with E-state index in [1.807, 2.05) is 24.3 Å². The Balaban J connectivity index is 1.49. The molecule has 0 atom stereocenters. The van der Waals surface area contributed by atoms with Gasteiger partial charge in [0.05, 0.1) is 24.5 Å². The lowest BCUT2D eigenvalue weighted by Gasteiger charge is -2.28. The van der Waals surface area contributed by atoms with E-state index in [0.29, 0.717) is 41.5 Å². The quantitative estimate of drug-likeness (QED) is 0.648. The van der Waals surface area contributed by atoms with Crippen LogP contribution in [0.15, 0.2) is 54.7 Å². The number of hydrogen-bond donors (Lipinski definition) is 1. The van der Waals surface area contributed by atoms with Crippen molar-refractivity contribution in [3.8, 4) is 22.6 Å². The maximum Gasteiger partial charge on any atom is 0.259 e. The first-order valence-corrected chi connectivity index (χ1v) is 10.2. The van der Waals surface area contributed by atoms with Crippen LogP contribution in [0.3, 0.4) is 0 Å². The van der Waals surface area contributed by atoms with E-state index < -0.39 is 0 Å². The van der Waals surface area contributed by atoms with Crippen LogP contribution in [0.25, 0.3) is 11.1 Å². The van der Waals surface area contributed by atoms with Crippen molar-refractivity contribution in [2.75, 3.05) is 36.5 Å². The number of Topliss-reactive ketones (excluding diaryl/α,β-unsaturated/α-hetero) is 1. The first kappa shape index (κ1) is 19.3. The number of morpholine rings is 1. The van der Waals surface area contributed by atoms with E-state index in [1.165, 1.54) is 6.92 Å². The fourth-order valence-corrected chi connectivity index (χ4v) is 3.78. The molecule has 1 fully saturated rings. The molecule has 31 heavy (non-hydrogen) atoms. The molecule has 2 aliphatic heterocycles. The highest BCUT2D eigenvalue weighted by molar-refractivity contribution is 6.09. The van der Waals surface area contributed by atoms with Crippen LogP contribution in [0.4, 0.5) is 11.5 Å². The molecule has 2 aromatic carbocycles. The summed E-state index contributed by atoms with van der Waals surface area (Å²) < 4.78 is 11.4. The topological polar surface area (TPSA) is 80.8 Å². The SMILES string of the molecule is CC(=O)c1ccc2c(c1)Oc1ccc(-c3ccnc(N4CCOCC4)c3)cc1C(=O)N2. The summed E-state index contributed by atoms with van der Waals surface area (Å²) in [6.45, 7) is 4.48. The molecule has 0 aliphatic carbocycles. The summed E-state index contributed by atoms with van der Waals surface area (Å²) in [7, 11) is 0. The number of ketones is 1. The van der Waals surface area contributed by atoms with Gasteiger partial charge in [-0.1, -0.05) is 6.07 Å². The number of nitrogens with zero attached hydrogens (tertiary/aromatic N) is 2. The van der Waals surface area contributed by atoms with Gasteiger partial charge in [-0.05, 0) is 60.5 Å². The molecule has 0 spiro atoms. The zero-order valence-electron chi connectivity index (χ0n) is 17.1. The number of amides is 1. The maximum absolute atomic E-state index is 12.9. The zero-order valence-corrected chi connectivity index (χ0v) is 17.1. The Hall–Kier alpha value is -3.71. The molecule has 1 saturated heterocycles. The van der Waals surface area contributed by atoms with Crippen LogP contribution in [0.5, 0.6) is 11.5 Å². The van der Waals surface area contributed by atoms with Crippen molar-refractivity contribution in [2.24, 2.45) is 0 Å². The molecule has 7 nitrogen and oxygen atoms in total. The number of hydrogen-bond acceptors (Lipinski definition) is 6. The average molecular weight is 415 g/mol. The van der Waals surface area contributed by atoms with Gasteiger partial charge in [0, 0.05) is 24.8 Å². The van der Waals surface area contributed by atoms with Crippen molar-refractivity contribution in [2.45, 2.75) is 6.92 Å². The van der Waals surface area contributed by atoms with Crippen LogP contribution in [0.1, 0.15) is 27.6 Å². The Morgan fingerprint density at radius 1 is 1.00 bits per heavy atom. The zero-order chi connectivity index (χ0) is 21.4. The monoisotopic (exact) mass is 415 g/mol. The standard InChI is InChI=1S/C24H21N3O4/c1-15(28)16-2-4-20-22(13-16)31-21-5-3-17(12-19(21)24(29)26-20)18-6-7-25-23(14-18)27-8-10-30-11-9-27/h2-7,12-14H,8-11H2,1H3,(H,26,29). The van der Waals surface area contributed by atoms with E-state index in [-0.39, 0.29) is 11.7 Å². The summed E-state index contributed by atoms with van der Waals surface area (Å²) in [4.78, 5) is 31.3. The summed E-state index contributed by atoms with van der Waals surface area (Å²) in [5, 5.41) is 2.88. The molecule has 7 heteroatoms. The van der Waals surface area contributed by atoms with Crippen LogP contribution in [-0.2, 0) is 4.74 Å². The Kier molecular flexibility index (Phi) is 4.88. The predicted octanol–water partition coefficient (Wildman–Crippen LogP) is 4.15. The van der Waals surface area contributed by atoms with E-state index in [0.717, 1.165) is 30.0 Å². The van der Waals surface area contributed by atoms with Crippen LogP contribution >= 0.6 is 0 Å². The minimum atomic E-state index is -0.256. The average Bonchev–Trinajstić information content (AvgIpc) is 2.94. The fourth-order valence-electron chi connectivity index (χ4n) is 3.78. The number of rotatable bonds is 3. The van der Waals surface area contributed by atoms with E-state index in [9.17, 15) is 9.59 Å². The third-order valence-electron chi connectivity index (χ3n) is 5.49. The van der Waals surface area contributed by atoms with Crippen LogP contribution < -0.4 is 15.0 Å². The van der Waals surface area contributed by atoms with Crippen LogP contribution in [0.2, 0.25) is 0 Å². The van der Waals surface area contributed by atoms with E-state index in [4.69, 9.17) is 9.47 Å². The van der Waals surface area contributed by atoms with Gasteiger partial charge in [0.25, 0.3) is 5.91 Å². The van der Waals surface area contributed by atoms with E-state index in [1.54, 1.807) is 30.5 Å². The summed E-state index contributed by atoms with van der Waals surface area (Å²) >= 11 is 0. The van der Waals surface area contributed by atoms with E-state index in [2.05, 4.69) is 15.2 Å². The van der Waals surface area contributed by atoms with E-state index >= 15 is 0 Å². The molecule has 0 radical (unpaired) electrons. The number of carbonyl (C=O) groups excluding carboxylic acids is 2. The number of carbonyl (C=O) groups is 2. The number of ether oxygens (including phenoxy) is 2. The second-order valence-electron chi connectivity index (χ2n) is 7.54. The van der Waals surface area contributed by atoms with Crippen molar-refractivity contribution >= 4 is 23.2 Å². The van der Waals surface area contributed by atoms with Gasteiger partial charge in [-0.25, -0.2) is 4.98 Å². The summed E-state index contributed by atoms with van der Waals surface area (Å²) in [5.74, 6) is 1.47. The normalized spacial score (nSPS) is 15.3. The lowest BCUT2D eigenvalue weighted by Crippen LogP contribution is -2.36. The Morgan fingerprint density at radius 2 is 1.81 bits per heavy atom. The lowest BCUT2D eigenvalue weighted by molar-refractivity contribution is 0.101. The van der Waals surface area contributed by atoms with Gasteiger partial charge in [-0.2, -0.15) is 0 Å². The van der Waals surface area contributed by atoms with Crippen molar-refractivity contribution < 1.29 is 19.1 Å². The molecule has 0 unspecified atom stereocenters. The van der Waals surface area contributed by atoms with Crippen molar-refractivity contribution in [1.82, 2.24) is 4.98 Å². The molecule has 3 aromatic rings. The molecule has 3 heterocycles. The minimum absolute atomic E-state index is 0.0636. The molecule has 1 amide bonds. The van der Waals surface area contributed by atoms with Gasteiger partial charge in [0.15, 0.2) is 11.5 Å². The molecule has 1 N–H and O–H groups in total. The largest absolute Gasteiger partial charge is 0.454 e. The van der Waals surface area contributed by atoms with Gasteiger partial charge in [-0.3, -0.25) is 9.59 Å². The van der Waals surface area contributed by atoms with Crippen molar-refractivity contribution in [3.05, 3.63) is 65.9 Å². The number of benzene rings is 2. The number of fused-ring (bicyclic) bond motifs is 2. The first-order chi connectivity index (χ1) is 15.1. The third-order valence-corrected chi connectivity index (χ3v) is 5.49. The molecule has 156 valence electrons. The number of pyridine rings is 1.